The Hall–Kier alpha value is -3.58. The molecule has 2 heterocycles. The zero-order chi connectivity index (χ0) is 25.7. The Morgan fingerprint density at radius 1 is 1.03 bits per heavy atom. The maximum Gasteiger partial charge on any atom is 0.259 e. The maximum absolute atomic E-state index is 13.0. The maximum atomic E-state index is 13.0. The molecule has 3 aromatic rings. The van der Waals surface area contributed by atoms with Crippen LogP contribution in [0.25, 0.3) is 0 Å². The van der Waals surface area contributed by atoms with E-state index in [1.54, 1.807) is 13.2 Å². The molecule has 1 aliphatic heterocycles. The number of benzene rings is 2. The Morgan fingerprint density at radius 3 is 2.31 bits per heavy atom. The van der Waals surface area contributed by atoms with Gasteiger partial charge in [0.25, 0.3) is 5.91 Å². The van der Waals surface area contributed by atoms with Crippen molar-refractivity contribution in [3.8, 4) is 11.6 Å². The van der Waals surface area contributed by atoms with Crippen molar-refractivity contribution >= 4 is 29.1 Å². The fraction of sp³-hybridized carbons (Fsp3) is 0.321. The number of halogens is 1. The molecule has 1 aromatic heterocycles. The van der Waals surface area contributed by atoms with Crippen LogP contribution in [0.2, 0.25) is 5.02 Å². The molecule has 1 fully saturated rings. The number of pyridine rings is 1. The highest BCUT2D eigenvalue weighted by Crippen LogP contribution is 2.31. The second-order valence-electron chi connectivity index (χ2n) is 8.88. The first-order valence-electron chi connectivity index (χ1n) is 11.9. The summed E-state index contributed by atoms with van der Waals surface area (Å²) in [5, 5.41) is 3.41. The highest BCUT2D eigenvalue weighted by atomic mass is 35.5. The van der Waals surface area contributed by atoms with Gasteiger partial charge in [0.2, 0.25) is 11.8 Å². The minimum Gasteiger partial charge on any atom is -0.497 e. The van der Waals surface area contributed by atoms with E-state index in [-0.39, 0.29) is 23.6 Å². The molecule has 1 N–H and O–H groups in total. The fourth-order valence-electron chi connectivity index (χ4n) is 4.46. The predicted molar refractivity (Wildman–Crippen MR) is 140 cm³/mol. The number of carbonyl (C=O) groups is 2. The molecule has 36 heavy (non-hydrogen) atoms. The number of likely N-dealkylation sites (tertiary alicyclic amines) is 1. The van der Waals surface area contributed by atoms with Crippen molar-refractivity contribution < 1.29 is 19.1 Å². The van der Waals surface area contributed by atoms with Gasteiger partial charge in [-0.3, -0.25) is 9.59 Å². The van der Waals surface area contributed by atoms with Crippen molar-refractivity contribution in [2.45, 2.75) is 31.6 Å². The summed E-state index contributed by atoms with van der Waals surface area (Å²) in [5.41, 5.74) is 3.27. The number of hydrogen-bond donors (Lipinski definition) is 1. The van der Waals surface area contributed by atoms with Crippen molar-refractivity contribution in [3.05, 3.63) is 82.5 Å². The van der Waals surface area contributed by atoms with E-state index in [9.17, 15) is 9.59 Å². The van der Waals surface area contributed by atoms with E-state index in [0.29, 0.717) is 29.6 Å². The molecule has 0 spiro atoms. The number of anilines is 1. The standard InChI is InChI=1S/C28H30ClN3O4/c1-18(19-6-10-24(35-2)11-7-19)26(33)31-23-8-4-20(5-9-23)21-12-14-32(15-13-21)28(34)25-16-22(29)17-30-27(25)36-3/h4-11,16-18,21H,12-15H2,1-3H3,(H,31,33). The van der Waals surface area contributed by atoms with E-state index in [0.717, 1.165) is 29.8 Å². The van der Waals surface area contributed by atoms with Crippen molar-refractivity contribution in [3.63, 3.8) is 0 Å². The quantitative estimate of drug-likeness (QED) is 0.456. The number of piperidine rings is 1. The molecular formula is C28H30ClN3O4. The third-order valence-electron chi connectivity index (χ3n) is 6.68. The van der Waals surface area contributed by atoms with Crippen molar-refractivity contribution in [2.24, 2.45) is 0 Å². The Kier molecular flexibility index (Phi) is 8.10. The first kappa shape index (κ1) is 25.5. The Balaban J connectivity index is 1.33. The Morgan fingerprint density at radius 2 is 1.69 bits per heavy atom. The lowest BCUT2D eigenvalue weighted by Gasteiger charge is -2.32. The molecule has 0 aliphatic carbocycles. The number of aromatic nitrogens is 1. The summed E-state index contributed by atoms with van der Waals surface area (Å²) in [6.45, 7) is 3.16. The molecule has 1 saturated heterocycles. The van der Waals surface area contributed by atoms with Crippen LogP contribution < -0.4 is 14.8 Å². The van der Waals surface area contributed by atoms with Crippen LogP contribution in [0.3, 0.4) is 0 Å². The van der Waals surface area contributed by atoms with Gasteiger partial charge in [-0.05, 0) is 67.1 Å². The summed E-state index contributed by atoms with van der Waals surface area (Å²) in [6, 6.07) is 17.1. The predicted octanol–water partition coefficient (Wildman–Crippen LogP) is 5.51. The average Bonchev–Trinajstić information content (AvgIpc) is 2.92. The summed E-state index contributed by atoms with van der Waals surface area (Å²) >= 11 is 6.04. The van der Waals surface area contributed by atoms with E-state index >= 15 is 0 Å². The van der Waals surface area contributed by atoms with Gasteiger partial charge < -0.3 is 19.7 Å². The van der Waals surface area contributed by atoms with Crippen molar-refractivity contribution in [1.29, 1.82) is 0 Å². The smallest absolute Gasteiger partial charge is 0.259 e. The molecule has 2 aromatic carbocycles. The molecule has 188 valence electrons. The summed E-state index contributed by atoms with van der Waals surface area (Å²) in [5.74, 6) is 0.918. The summed E-state index contributed by atoms with van der Waals surface area (Å²) in [7, 11) is 3.11. The van der Waals surface area contributed by atoms with Gasteiger partial charge in [0.15, 0.2) is 0 Å². The summed E-state index contributed by atoms with van der Waals surface area (Å²) in [6.07, 6.45) is 3.17. The van der Waals surface area contributed by atoms with Gasteiger partial charge in [0, 0.05) is 25.0 Å². The lowest BCUT2D eigenvalue weighted by molar-refractivity contribution is -0.117. The number of nitrogens with zero attached hydrogens (tertiary/aromatic N) is 2. The van der Waals surface area contributed by atoms with Gasteiger partial charge in [-0.2, -0.15) is 0 Å². The number of rotatable bonds is 7. The molecule has 7 nitrogen and oxygen atoms in total. The highest BCUT2D eigenvalue weighted by Gasteiger charge is 2.27. The minimum atomic E-state index is -0.286. The minimum absolute atomic E-state index is 0.0642. The van der Waals surface area contributed by atoms with Gasteiger partial charge in [0.05, 0.1) is 25.2 Å². The zero-order valence-corrected chi connectivity index (χ0v) is 21.4. The summed E-state index contributed by atoms with van der Waals surface area (Å²) in [4.78, 5) is 31.7. The molecule has 4 rings (SSSR count). The van der Waals surface area contributed by atoms with E-state index in [1.165, 1.54) is 18.9 Å². The van der Waals surface area contributed by atoms with Gasteiger partial charge >= 0.3 is 0 Å². The van der Waals surface area contributed by atoms with Gasteiger partial charge in [-0.25, -0.2) is 4.98 Å². The van der Waals surface area contributed by atoms with E-state index in [1.807, 2.05) is 48.2 Å². The molecule has 1 unspecified atom stereocenters. The zero-order valence-electron chi connectivity index (χ0n) is 20.7. The number of nitrogens with one attached hydrogen (secondary N) is 1. The first-order valence-corrected chi connectivity index (χ1v) is 12.3. The molecule has 1 atom stereocenters. The number of amides is 2. The van der Waals surface area contributed by atoms with Crippen LogP contribution >= 0.6 is 11.6 Å². The van der Waals surface area contributed by atoms with Crippen LogP contribution in [0.5, 0.6) is 11.6 Å². The van der Waals surface area contributed by atoms with E-state index < -0.39 is 0 Å². The average molecular weight is 508 g/mol. The lowest BCUT2D eigenvalue weighted by Crippen LogP contribution is -2.38. The van der Waals surface area contributed by atoms with Crippen LogP contribution in [0.4, 0.5) is 5.69 Å². The first-order chi connectivity index (χ1) is 17.4. The second-order valence-corrected chi connectivity index (χ2v) is 9.32. The topological polar surface area (TPSA) is 80.8 Å². The van der Waals surface area contributed by atoms with E-state index in [4.69, 9.17) is 21.1 Å². The lowest BCUT2D eigenvalue weighted by atomic mass is 9.89. The fourth-order valence-corrected chi connectivity index (χ4v) is 4.62. The largest absolute Gasteiger partial charge is 0.497 e. The van der Waals surface area contributed by atoms with Gasteiger partial charge in [-0.15, -0.1) is 0 Å². The SMILES string of the molecule is COc1ccc(C(C)C(=O)Nc2ccc(C3CCN(C(=O)c4cc(Cl)cnc4OC)CC3)cc2)cc1. The Bertz CT molecular complexity index is 1210. The molecule has 0 radical (unpaired) electrons. The van der Waals surface area contributed by atoms with Crippen molar-refractivity contribution in [2.75, 3.05) is 32.6 Å². The molecule has 0 saturated carbocycles. The second kappa shape index (κ2) is 11.4. The van der Waals surface area contributed by atoms with Crippen LogP contribution in [-0.2, 0) is 4.79 Å². The number of hydrogen-bond acceptors (Lipinski definition) is 5. The van der Waals surface area contributed by atoms with Crippen molar-refractivity contribution in [1.82, 2.24) is 9.88 Å². The molecule has 0 bridgehead atoms. The number of ether oxygens (including phenoxy) is 2. The van der Waals surface area contributed by atoms with Crippen LogP contribution in [-0.4, -0.2) is 49.0 Å². The molecule has 2 amide bonds. The van der Waals surface area contributed by atoms with Crippen LogP contribution in [0.1, 0.15) is 53.1 Å². The normalized spacial score (nSPS) is 14.7. The third kappa shape index (κ3) is 5.79. The van der Waals surface area contributed by atoms with Crippen LogP contribution in [0.15, 0.2) is 60.8 Å². The van der Waals surface area contributed by atoms with Crippen LogP contribution in [0, 0.1) is 0 Å². The monoisotopic (exact) mass is 507 g/mol. The van der Waals surface area contributed by atoms with Gasteiger partial charge in [0.1, 0.15) is 11.3 Å². The van der Waals surface area contributed by atoms with E-state index in [2.05, 4.69) is 22.4 Å². The van der Waals surface area contributed by atoms with Gasteiger partial charge in [-0.1, -0.05) is 35.9 Å². The number of methoxy groups -OCH3 is 2. The highest BCUT2D eigenvalue weighted by molar-refractivity contribution is 6.30. The molecule has 1 aliphatic rings. The summed E-state index contributed by atoms with van der Waals surface area (Å²) < 4.78 is 10.4. The Labute approximate surface area is 216 Å². The third-order valence-corrected chi connectivity index (χ3v) is 6.89. The molecular weight excluding hydrogens is 478 g/mol. The molecule has 8 heteroatoms. The number of carbonyl (C=O) groups excluding carboxylic acids is 2.